The van der Waals surface area contributed by atoms with Crippen LogP contribution in [0.4, 0.5) is 11.4 Å². The van der Waals surface area contributed by atoms with Crippen molar-refractivity contribution in [3.63, 3.8) is 0 Å². The van der Waals surface area contributed by atoms with E-state index in [1.807, 2.05) is 32.2 Å². The molecule has 1 fully saturated rings. The summed E-state index contributed by atoms with van der Waals surface area (Å²) in [5.41, 5.74) is 2.59. The molecule has 20 heavy (non-hydrogen) atoms. The van der Waals surface area contributed by atoms with Gasteiger partial charge in [-0.15, -0.1) is 0 Å². The molecule has 1 saturated heterocycles. The van der Waals surface area contributed by atoms with E-state index in [1.54, 1.807) is 0 Å². The van der Waals surface area contributed by atoms with Crippen LogP contribution in [0.5, 0.6) is 0 Å². The summed E-state index contributed by atoms with van der Waals surface area (Å²) in [6.45, 7) is 5.47. The van der Waals surface area contributed by atoms with Crippen molar-refractivity contribution < 1.29 is 9.53 Å². The number of esters is 1. The normalized spacial score (nSPS) is 18.8. The fraction of sp³-hybridized carbons (Fsp3) is 0.562. The Hall–Kier alpha value is -1.71. The lowest BCUT2D eigenvalue weighted by Crippen LogP contribution is -2.38. The summed E-state index contributed by atoms with van der Waals surface area (Å²) < 4.78 is 5.20. The fourth-order valence-corrected chi connectivity index (χ4v) is 2.77. The van der Waals surface area contributed by atoms with Crippen molar-refractivity contribution in [3.8, 4) is 0 Å². The van der Waals surface area contributed by atoms with E-state index in [-0.39, 0.29) is 5.97 Å². The van der Waals surface area contributed by atoms with Crippen LogP contribution >= 0.6 is 0 Å². The third-order valence-corrected chi connectivity index (χ3v) is 3.89. The first-order valence-electron chi connectivity index (χ1n) is 7.43. The molecule has 1 aliphatic heterocycles. The largest absolute Gasteiger partial charge is 0.462 e. The molecule has 1 heterocycles. The number of hydrogen-bond acceptors (Lipinski definition) is 4. The molecular formula is C16H24N2O2. The lowest BCUT2D eigenvalue weighted by molar-refractivity contribution is 0.0527. The maximum absolute atomic E-state index is 12.2. The first kappa shape index (κ1) is 14.7. The second-order valence-corrected chi connectivity index (χ2v) is 5.24. The van der Waals surface area contributed by atoms with Gasteiger partial charge in [0.1, 0.15) is 0 Å². The van der Waals surface area contributed by atoms with E-state index in [4.69, 9.17) is 4.74 Å². The maximum Gasteiger partial charge on any atom is 0.340 e. The number of nitrogens with one attached hydrogen (secondary N) is 1. The topological polar surface area (TPSA) is 41.6 Å². The summed E-state index contributed by atoms with van der Waals surface area (Å²) in [5, 5.41) is 3.08. The molecule has 4 heteroatoms. The Kier molecular flexibility index (Phi) is 4.88. The van der Waals surface area contributed by atoms with Crippen LogP contribution in [0, 0.1) is 0 Å². The maximum atomic E-state index is 12.2. The van der Waals surface area contributed by atoms with Gasteiger partial charge in [-0.25, -0.2) is 4.79 Å². The molecule has 4 nitrogen and oxygen atoms in total. The van der Waals surface area contributed by atoms with Crippen molar-refractivity contribution in [1.82, 2.24) is 0 Å². The van der Waals surface area contributed by atoms with Gasteiger partial charge in [0.05, 0.1) is 17.9 Å². The Bertz CT molecular complexity index is 474. The van der Waals surface area contributed by atoms with Crippen molar-refractivity contribution in [2.75, 3.05) is 30.4 Å². The minimum Gasteiger partial charge on any atom is -0.462 e. The Morgan fingerprint density at radius 3 is 2.90 bits per heavy atom. The van der Waals surface area contributed by atoms with E-state index in [2.05, 4.69) is 17.1 Å². The Labute approximate surface area is 121 Å². The molecule has 2 rings (SSSR count). The van der Waals surface area contributed by atoms with Crippen LogP contribution in [0.25, 0.3) is 0 Å². The van der Waals surface area contributed by atoms with Gasteiger partial charge in [-0.1, -0.05) is 0 Å². The number of carbonyl (C=O) groups is 1. The number of nitrogens with zero attached hydrogens (tertiary/aromatic N) is 1. The van der Waals surface area contributed by atoms with Crippen LogP contribution in [0.15, 0.2) is 18.2 Å². The molecule has 0 radical (unpaired) electrons. The molecule has 0 spiro atoms. The van der Waals surface area contributed by atoms with Gasteiger partial charge in [-0.2, -0.15) is 0 Å². The SMILES string of the molecule is CCOC(=O)c1cc(NC)ccc1N1CCCCC1C. The van der Waals surface area contributed by atoms with Crippen LogP contribution in [0.2, 0.25) is 0 Å². The van der Waals surface area contributed by atoms with Gasteiger partial charge < -0.3 is 15.0 Å². The highest BCUT2D eigenvalue weighted by molar-refractivity contribution is 5.97. The standard InChI is InChI=1S/C16H24N2O2/c1-4-20-16(19)14-11-13(17-3)8-9-15(14)18-10-6-5-7-12(18)2/h8-9,11-12,17H,4-7,10H2,1-3H3. The van der Waals surface area contributed by atoms with Gasteiger partial charge in [-0.3, -0.25) is 0 Å². The minimum atomic E-state index is -0.239. The molecule has 1 aromatic carbocycles. The molecule has 1 unspecified atom stereocenters. The Morgan fingerprint density at radius 2 is 2.25 bits per heavy atom. The number of hydrogen-bond donors (Lipinski definition) is 1. The zero-order valence-corrected chi connectivity index (χ0v) is 12.6. The summed E-state index contributed by atoms with van der Waals surface area (Å²) in [6, 6.07) is 6.39. The number of anilines is 2. The van der Waals surface area contributed by atoms with E-state index in [9.17, 15) is 4.79 Å². The smallest absolute Gasteiger partial charge is 0.340 e. The van der Waals surface area contributed by atoms with Crippen LogP contribution in [0.3, 0.4) is 0 Å². The predicted octanol–water partition coefficient (Wildman–Crippen LogP) is 3.28. The van der Waals surface area contributed by atoms with Crippen molar-refractivity contribution >= 4 is 17.3 Å². The summed E-state index contributed by atoms with van der Waals surface area (Å²) in [7, 11) is 1.85. The molecule has 1 N–H and O–H groups in total. The average Bonchev–Trinajstić information content (AvgIpc) is 2.47. The Balaban J connectivity index is 2.37. The van der Waals surface area contributed by atoms with Crippen LogP contribution < -0.4 is 10.2 Å². The summed E-state index contributed by atoms with van der Waals surface area (Å²) in [6.07, 6.45) is 3.62. The van der Waals surface area contributed by atoms with E-state index >= 15 is 0 Å². The summed E-state index contributed by atoms with van der Waals surface area (Å²) in [5.74, 6) is -0.239. The van der Waals surface area contributed by atoms with Gasteiger partial charge in [0.15, 0.2) is 0 Å². The number of benzene rings is 1. The van der Waals surface area contributed by atoms with Crippen molar-refractivity contribution in [2.24, 2.45) is 0 Å². The molecule has 0 saturated carbocycles. The first-order chi connectivity index (χ1) is 9.67. The van der Waals surface area contributed by atoms with E-state index in [0.29, 0.717) is 18.2 Å². The van der Waals surface area contributed by atoms with Crippen LogP contribution in [-0.4, -0.2) is 32.2 Å². The van der Waals surface area contributed by atoms with Gasteiger partial charge in [0.2, 0.25) is 0 Å². The highest BCUT2D eigenvalue weighted by Gasteiger charge is 2.24. The first-order valence-corrected chi connectivity index (χ1v) is 7.43. The quantitative estimate of drug-likeness (QED) is 0.857. The second-order valence-electron chi connectivity index (χ2n) is 5.24. The lowest BCUT2D eigenvalue weighted by Gasteiger charge is -2.36. The predicted molar refractivity (Wildman–Crippen MR) is 82.6 cm³/mol. The van der Waals surface area contributed by atoms with E-state index < -0.39 is 0 Å². The average molecular weight is 276 g/mol. The number of rotatable bonds is 4. The van der Waals surface area contributed by atoms with Crippen LogP contribution in [0.1, 0.15) is 43.5 Å². The van der Waals surface area contributed by atoms with Crippen molar-refractivity contribution in [3.05, 3.63) is 23.8 Å². The Morgan fingerprint density at radius 1 is 1.45 bits per heavy atom. The molecule has 0 bridgehead atoms. The van der Waals surface area contributed by atoms with Gasteiger partial charge in [0.25, 0.3) is 0 Å². The molecule has 1 atom stereocenters. The summed E-state index contributed by atoms with van der Waals surface area (Å²) in [4.78, 5) is 14.5. The highest BCUT2D eigenvalue weighted by Crippen LogP contribution is 2.30. The molecule has 0 aromatic heterocycles. The van der Waals surface area contributed by atoms with E-state index in [1.165, 1.54) is 19.3 Å². The zero-order valence-electron chi connectivity index (χ0n) is 12.6. The molecular weight excluding hydrogens is 252 g/mol. The molecule has 110 valence electrons. The number of piperidine rings is 1. The molecule has 1 aliphatic rings. The highest BCUT2D eigenvalue weighted by atomic mass is 16.5. The van der Waals surface area contributed by atoms with Crippen molar-refractivity contribution in [1.29, 1.82) is 0 Å². The third kappa shape index (κ3) is 3.06. The molecule has 1 aromatic rings. The fourth-order valence-electron chi connectivity index (χ4n) is 2.77. The van der Waals surface area contributed by atoms with Gasteiger partial charge in [0, 0.05) is 25.3 Å². The van der Waals surface area contributed by atoms with Gasteiger partial charge >= 0.3 is 5.97 Å². The monoisotopic (exact) mass is 276 g/mol. The van der Waals surface area contributed by atoms with Crippen molar-refractivity contribution in [2.45, 2.75) is 39.2 Å². The molecule has 0 aliphatic carbocycles. The number of carbonyl (C=O) groups excluding carboxylic acids is 1. The third-order valence-electron chi connectivity index (χ3n) is 3.89. The molecule has 0 amide bonds. The van der Waals surface area contributed by atoms with E-state index in [0.717, 1.165) is 17.9 Å². The van der Waals surface area contributed by atoms with Crippen LogP contribution in [-0.2, 0) is 4.74 Å². The number of ether oxygens (including phenoxy) is 1. The zero-order chi connectivity index (χ0) is 14.5. The minimum absolute atomic E-state index is 0.239. The van der Waals surface area contributed by atoms with Gasteiger partial charge in [-0.05, 0) is 51.3 Å². The second kappa shape index (κ2) is 6.64. The summed E-state index contributed by atoms with van der Waals surface area (Å²) >= 11 is 0. The lowest BCUT2D eigenvalue weighted by atomic mass is 10.0.